The van der Waals surface area contributed by atoms with E-state index in [1.807, 2.05) is 12.2 Å². The second kappa shape index (κ2) is 12.2. The molecule has 2 heterocycles. The number of allylic oxidation sites excluding steroid dienone is 3. The molecule has 0 spiro atoms. The molecule has 2 aliphatic heterocycles. The smallest absolute Gasteiger partial charge is 0.416 e. The minimum atomic E-state index is -5.00. The predicted molar refractivity (Wildman–Crippen MR) is 124 cm³/mol. The standard InChI is InChI=1S/C27H26F6O4/c1-18-7-3-2-5-11-35-22-9-10-24(36-12-6-4-8-18)23(16-22)25(34)37-17-19-13-20(26(28,29)30)15-21(14-19)27(31,32)33/h3,7,9-10,13-16H,1-2,4-6,8,11-12,17H2/b7-3-. The van der Waals surface area contributed by atoms with Crippen LogP contribution in [0.2, 0.25) is 0 Å². The van der Waals surface area contributed by atoms with Crippen LogP contribution < -0.4 is 9.47 Å². The van der Waals surface area contributed by atoms with E-state index in [0.717, 1.165) is 24.8 Å². The molecule has 2 aromatic rings. The molecule has 0 aromatic heterocycles. The number of fused-ring (bicyclic) bond motifs is 12. The number of carbonyl (C=O) groups excluding carboxylic acids is 1. The van der Waals surface area contributed by atoms with Gasteiger partial charge in [0.15, 0.2) is 0 Å². The van der Waals surface area contributed by atoms with E-state index < -0.39 is 41.6 Å². The van der Waals surface area contributed by atoms with Crippen molar-refractivity contribution in [3.8, 4) is 11.5 Å². The van der Waals surface area contributed by atoms with Crippen molar-refractivity contribution < 1.29 is 45.3 Å². The van der Waals surface area contributed by atoms with E-state index in [2.05, 4.69) is 6.58 Å². The highest BCUT2D eigenvalue weighted by Crippen LogP contribution is 2.36. The van der Waals surface area contributed by atoms with Gasteiger partial charge in [0.05, 0.1) is 24.3 Å². The zero-order valence-corrected chi connectivity index (χ0v) is 19.9. The van der Waals surface area contributed by atoms with Crippen molar-refractivity contribution >= 4 is 5.97 Å². The number of esters is 1. The van der Waals surface area contributed by atoms with Crippen LogP contribution in [0.4, 0.5) is 26.3 Å². The van der Waals surface area contributed by atoms with Gasteiger partial charge in [0, 0.05) is 0 Å². The van der Waals surface area contributed by atoms with Gasteiger partial charge in [0.1, 0.15) is 23.7 Å². The summed E-state index contributed by atoms with van der Waals surface area (Å²) < 4.78 is 95.3. The zero-order chi connectivity index (χ0) is 27.1. The largest absolute Gasteiger partial charge is 0.494 e. The molecule has 0 aliphatic carbocycles. The number of rotatable bonds is 3. The van der Waals surface area contributed by atoms with E-state index in [1.165, 1.54) is 12.1 Å². The molecule has 2 aromatic carbocycles. The van der Waals surface area contributed by atoms with Gasteiger partial charge in [0.2, 0.25) is 0 Å². The zero-order valence-electron chi connectivity index (χ0n) is 19.9. The average Bonchev–Trinajstić information content (AvgIpc) is 2.83. The summed E-state index contributed by atoms with van der Waals surface area (Å²) in [6.45, 7) is 3.83. The molecule has 4 nitrogen and oxygen atoms in total. The highest BCUT2D eigenvalue weighted by molar-refractivity contribution is 5.93. The number of halogens is 6. The molecular formula is C27H26F6O4. The van der Waals surface area contributed by atoms with E-state index in [4.69, 9.17) is 14.2 Å². The number of benzene rings is 2. The van der Waals surface area contributed by atoms with Crippen molar-refractivity contribution in [2.24, 2.45) is 0 Å². The lowest BCUT2D eigenvalue weighted by Crippen LogP contribution is -2.13. The first kappa shape index (κ1) is 28.1. The summed E-state index contributed by atoms with van der Waals surface area (Å²) >= 11 is 0. The Bertz CT molecular complexity index is 1100. The van der Waals surface area contributed by atoms with Gasteiger partial charge in [-0.1, -0.05) is 24.3 Å². The van der Waals surface area contributed by atoms with Crippen molar-refractivity contribution in [2.45, 2.75) is 51.1 Å². The van der Waals surface area contributed by atoms with Crippen LogP contribution in [0.3, 0.4) is 0 Å². The first-order valence-electron chi connectivity index (χ1n) is 11.6. The number of ether oxygens (including phenoxy) is 3. The Morgan fingerprint density at radius 3 is 2.24 bits per heavy atom. The van der Waals surface area contributed by atoms with Crippen LogP contribution in [0.25, 0.3) is 0 Å². The maximum absolute atomic E-state index is 13.1. The molecular weight excluding hydrogens is 502 g/mol. The first-order valence-corrected chi connectivity index (χ1v) is 11.6. The van der Waals surface area contributed by atoms with E-state index in [0.29, 0.717) is 37.3 Å². The minimum absolute atomic E-state index is 0.0161. The van der Waals surface area contributed by atoms with Gasteiger partial charge in [-0.2, -0.15) is 26.3 Å². The first-order chi connectivity index (χ1) is 17.4. The summed E-state index contributed by atoms with van der Waals surface area (Å²) in [5, 5.41) is 0. The molecule has 2 aliphatic rings. The highest BCUT2D eigenvalue weighted by atomic mass is 19.4. The maximum atomic E-state index is 13.1. The van der Waals surface area contributed by atoms with Gasteiger partial charge >= 0.3 is 18.3 Å². The molecule has 2 bridgehead atoms. The molecule has 0 N–H and O–H groups in total. The van der Waals surface area contributed by atoms with Gasteiger partial charge in [-0.3, -0.25) is 0 Å². The molecule has 200 valence electrons. The van der Waals surface area contributed by atoms with Crippen molar-refractivity contribution in [2.75, 3.05) is 13.2 Å². The second-order valence-corrected chi connectivity index (χ2v) is 8.51. The fraction of sp³-hybridized carbons (Fsp3) is 0.370. The van der Waals surface area contributed by atoms with E-state index in [-0.39, 0.29) is 24.0 Å². The average molecular weight is 528 g/mol. The number of carbonyl (C=O) groups is 1. The van der Waals surface area contributed by atoms with Crippen molar-refractivity contribution in [1.29, 1.82) is 0 Å². The summed E-state index contributed by atoms with van der Waals surface area (Å²) in [6, 6.07) is 5.56. The Balaban J connectivity index is 1.80. The molecule has 0 saturated carbocycles. The Hall–Kier alpha value is -3.43. The van der Waals surface area contributed by atoms with Crippen molar-refractivity contribution in [3.63, 3.8) is 0 Å². The summed E-state index contributed by atoms with van der Waals surface area (Å²) in [5.74, 6) is -0.453. The van der Waals surface area contributed by atoms with Crippen LogP contribution >= 0.6 is 0 Å². The number of alkyl halides is 6. The SMILES string of the molecule is C=C1/C=C\CCCOc2ccc(c(C(=O)OCc3cc(C(F)(F)F)cc(C(F)(F)F)c3)c2)OCCCC1. The van der Waals surface area contributed by atoms with Gasteiger partial charge in [0.25, 0.3) is 0 Å². The monoisotopic (exact) mass is 528 g/mol. The summed E-state index contributed by atoms with van der Waals surface area (Å²) in [6.07, 6.45) is -2.28. The minimum Gasteiger partial charge on any atom is -0.494 e. The van der Waals surface area contributed by atoms with Gasteiger partial charge in [-0.15, -0.1) is 0 Å². The van der Waals surface area contributed by atoms with Gasteiger partial charge in [-0.25, -0.2) is 4.79 Å². The topological polar surface area (TPSA) is 44.8 Å². The number of hydrogen-bond donors (Lipinski definition) is 0. The molecule has 10 heteroatoms. The van der Waals surface area contributed by atoms with E-state index in [1.54, 1.807) is 6.07 Å². The van der Waals surface area contributed by atoms with E-state index in [9.17, 15) is 31.1 Å². The van der Waals surface area contributed by atoms with Crippen molar-refractivity contribution in [1.82, 2.24) is 0 Å². The number of hydrogen-bond acceptors (Lipinski definition) is 4. The lowest BCUT2D eigenvalue weighted by Gasteiger charge is -2.16. The third-order valence-corrected chi connectivity index (χ3v) is 5.48. The molecule has 0 atom stereocenters. The summed E-state index contributed by atoms with van der Waals surface area (Å²) in [4.78, 5) is 12.8. The molecule has 4 rings (SSSR count). The third-order valence-electron chi connectivity index (χ3n) is 5.48. The van der Waals surface area contributed by atoms with Crippen LogP contribution in [0.1, 0.15) is 59.2 Å². The third kappa shape index (κ3) is 8.58. The fourth-order valence-electron chi connectivity index (χ4n) is 3.57. The van der Waals surface area contributed by atoms with Crippen LogP contribution in [0.5, 0.6) is 11.5 Å². The van der Waals surface area contributed by atoms with Crippen LogP contribution in [0, 0.1) is 0 Å². The molecule has 37 heavy (non-hydrogen) atoms. The van der Waals surface area contributed by atoms with Crippen LogP contribution in [-0.2, 0) is 23.7 Å². The van der Waals surface area contributed by atoms with E-state index >= 15 is 0 Å². The maximum Gasteiger partial charge on any atom is 0.416 e. The normalized spacial score (nSPS) is 16.5. The Morgan fingerprint density at radius 1 is 0.892 bits per heavy atom. The lowest BCUT2D eigenvalue weighted by molar-refractivity contribution is -0.143. The van der Waals surface area contributed by atoms with Crippen LogP contribution in [0.15, 0.2) is 60.7 Å². The van der Waals surface area contributed by atoms with Gasteiger partial charge < -0.3 is 14.2 Å². The summed E-state index contributed by atoms with van der Waals surface area (Å²) in [7, 11) is 0. The molecule has 0 saturated heterocycles. The van der Waals surface area contributed by atoms with Crippen LogP contribution in [-0.4, -0.2) is 19.2 Å². The predicted octanol–water partition coefficient (Wildman–Crippen LogP) is 7.92. The van der Waals surface area contributed by atoms with Crippen molar-refractivity contribution in [3.05, 3.63) is 83.0 Å². The quantitative estimate of drug-likeness (QED) is 0.300. The molecule has 0 amide bonds. The van der Waals surface area contributed by atoms with Gasteiger partial charge in [-0.05, 0) is 74.1 Å². The Kier molecular flexibility index (Phi) is 9.29. The Labute approximate surface area is 210 Å². The Morgan fingerprint density at radius 2 is 1.57 bits per heavy atom. The fourth-order valence-corrected chi connectivity index (χ4v) is 3.57. The highest BCUT2D eigenvalue weighted by Gasteiger charge is 2.37. The molecule has 0 radical (unpaired) electrons. The lowest BCUT2D eigenvalue weighted by atomic mass is 10.1. The second-order valence-electron chi connectivity index (χ2n) is 8.51. The molecule has 0 unspecified atom stereocenters. The summed E-state index contributed by atoms with van der Waals surface area (Å²) in [5.41, 5.74) is -2.48. The molecule has 0 fully saturated rings.